The van der Waals surface area contributed by atoms with Gasteiger partial charge in [-0.2, -0.15) is 0 Å². The molecule has 1 fully saturated rings. The first-order chi connectivity index (χ1) is 10.1. The minimum Gasteiger partial charge on any atom is -0.354 e. The van der Waals surface area contributed by atoms with E-state index in [9.17, 15) is 4.79 Å². The summed E-state index contributed by atoms with van der Waals surface area (Å²) in [7, 11) is 0. The number of carbonyl (C=O) groups excluding carboxylic acids is 1. The van der Waals surface area contributed by atoms with Crippen LogP contribution in [-0.4, -0.2) is 30.0 Å². The van der Waals surface area contributed by atoms with Gasteiger partial charge in [0, 0.05) is 31.4 Å². The van der Waals surface area contributed by atoms with Crippen molar-refractivity contribution in [3.63, 3.8) is 0 Å². The van der Waals surface area contributed by atoms with E-state index in [2.05, 4.69) is 21.3 Å². The van der Waals surface area contributed by atoms with E-state index in [0.29, 0.717) is 5.15 Å². The zero-order valence-corrected chi connectivity index (χ0v) is 12.7. The van der Waals surface area contributed by atoms with Gasteiger partial charge in [-0.05, 0) is 24.3 Å². The summed E-state index contributed by atoms with van der Waals surface area (Å²) in [5.41, 5.74) is 0. The van der Waals surface area contributed by atoms with Crippen molar-refractivity contribution in [1.29, 1.82) is 0 Å². The van der Waals surface area contributed by atoms with Crippen LogP contribution in [0, 0.1) is 0 Å². The molecule has 2 aromatic rings. The van der Waals surface area contributed by atoms with Crippen LogP contribution in [0.25, 0.3) is 10.8 Å². The molecule has 0 bridgehead atoms. The second-order valence-corrected chi connectivity index (χ2v) is 5.84. The average molecular weight is 304 g/mol. The number of benzene rings is 1. The van der Waals surface area contributed by atoms with E-state index < -0.39 is 0 Å². The molecule has 0 aliphatic carbocycles. The first kappa shape index (κ1) is 14.1. The molecule has 5 heteroatoms. The van der Waals surface area contributed by atoms with E-state index in [-0.39, 0.29) is 11.9 Å². The standard InChI is InChI=1S/C16H18ClN3O/c1-11(21)18-13-6-4-8-20(10-13)15-9-12-5-2-3-7-14(12)16(17)19-15/h2-3,5,7,9,13H,4,6,8,10H2,1H3,(H,18,21)/t13-/m0/s1. The molecule has 110 valence electrons. The molecule has 21 heavy (non-hydrogen) atoms. The number of piperidine rings is 1. The summed E-state index contributed by atoms with van der Waals surface area (Å²) in [6, 6.07) is 10.2. The molecule has 1 aliphatic heterocycles. The fourth-order valence-electron chi connectivity index (χ4n) is 2.90. The number of carbonyl (C=O) groups is 1. The molecular weight excluding hydrogens is 286 g/mol. The molecule has 0 radical (unpaired) electrons. The van der Waals surface area contributed by atoms with Gasteiger partial charge in [-0.25, -0.2) is 4.98 Å². The van der Waals surface area contributed by atoms with Gasteiger partial charge in [0.15, 0.2) is 0 Å². The Labute approximate surface area is 129 Å². The number of pyridine rings is 1. The summed E-state index contributed by atoms with van der Waals surface area (Å²) >= 11 is 6.29. The number of hydrogen-bond acceptors (Lipinski definition) is 3. The molecular formula is C16H18ClN3O. The van der Waals surface area contributed by atoms with Crippen molar-refractivity contribution in [3.05, 3.63) is 35.5 Å². The maximum atomic E-state index is 11.2. The van der Waals surface area contributed by atoms with Gasteiger partial charge in [0.1, 0.15) is 11.0 Å². The Kier molecular flexibility index (Phi) is 3.97. The number of nitrogens with zero attached hydrogens (tertiary/aromatic N) is 2. The SMILES string of the molecule is CC(=O)N[C@H]1CCCN(c2cc3ccccc3c(Cl)n2)C1. The maximum Gasteiger partial charge on any atom is 0.217 e. The van der Waals surface area contributed by atoms with Crippen molar-refractivity contribution < 1.29 is 4.79 Å². The van der Waals surface area contributed by atoms with E-state index in [4.69, 9.17) is 11.6 Å². The zero-order chi connectivity index (χ0) is 14.8. The lowest BCUT2D eigenvalue weighted by Gasteiger charge is -2.34. The molecule has 1 aromatic heterocycles. The molecule has 1 aromatic carbocycles. The van der Waals surface area contributed by atoms with Crippen molar-refractivity contribution >= 4 is 34.1 Å². The Morgan fingerprint density at radius 2 is 2.24 bits per heavy atom. The highest BCUT2D eigenvalue weighted by Gasteiger charge is 2.22. The predicted octanol–water partition coefficient (Wildman–Crippen LogP) is 2.99. The Bertz CT molecular complexity index is 674. The summed E-state index contributed by atoms with van der Waals surface area (Å²) in [6.07, 6.45) is 2.05. The number of anilines is 1. The highest BCUT2D eigenvalue weighted by atomic mass is 35.5. The molecule has 1 amide bonds. The molecule has 0 spiro atoms. The minimum atomic E-state index is 0.0198. The largest absolute Gasteiger partial charge is 0.354 e. The number of halogens is 1. The summed E-state index contributed by atoms with van der Waals surface area (Å²) < 4.78 is 0. The van der Waals surface area contributed by atoms with Crippen LogP contribution in [0.15, 0.2) is 30.3 Å². The normalized spacial score (nSPS) is 18.8. The lowest BCUT2D eigenvalue weighted by molar-refractivity contribution is -0.119. The molecule has 0 unspecified atom stereocenters. The van der Waals surface area contributed by atoms with Crippen molar-refractivity contribution in [2.45, 2.75) is 25.8 Å². The molecule has 1 saturated heterocycles. The van der Waals surface area contributed by atoms with Crippen molar-refractivity contribution in [1.82, 2.24) is 10.3 Å². The van der Waals surface area contributed by atoms with Gasteiger partial charge in [-0.3, -0.25) is 4.79 Å². The van der Waals surface area contributed by atoms with E-state index >= 15 is 0 Å². The first-order valence-electron chi connectivity index (χ1n) is 7.21. The lowest BCUT2D eigenvalue weighted by atomic mass is 10.1. The number of aromatic nitrogens is 1. The minimum absolute atomic E-state index is 0.0198. The highest BCUT2D eigenvalue weighted by molar-refractivity contribution is 6.34. The van der Waals surface area contributed by atoms with Gasteiger partial charge in [-0.1, -0.05) is 35.9 Å². The molecule has 3 rings (SSSR count). The first-order valence-corrected chi connectivity index (χ1v) is 7.58. The van der Waals surface area contributed by atoms with Crippen molar-refractivity contribution in [2.24, 2.45) is 0 Å². The van der Waals surface area contributed by atoms with Crippen LogP contribution in [0.4, 0.5) is 5.82 Å². The Morgan fingerprint density at radius 1 is 1.43 bits per heavy atom. The summed E-state index contributed by atoms with van der Waals surface area (Å²) in [6.45, 7) is 3.28. The summed E-state index contributed by atoms with van der Waals surface area (Å²) in [4.78, 5) is 17.9. The van der Waals surface area contributed by atoms with E-state index in [1.807, 2.05) is 24.3 Å². The average Bonchev–Trinajstić information content (AvgIpc) is 2.47. The third-order valence-corrected chi connectivity index (χ3v) is 4.12. The Hall–Kier alpha value is -1.81. The Balaban J connectivity index is 1.87. The summed E-state index contributed by atoms with van der Waals surface area (Å²) in [5, 5.41) is 5.59. The number of amides is 1. The topological polar surface area (TPSA) is 45.2 Å². The van der Waals surface area contributed by atoms with Gasteiger partial charge in [0.05, 0.1) is 0 Å². The van der Waals surface area contributed by atoms with E-state index in [1.54, 1.807) is 6.92 Å². The van der Waals surface area contributed by atoms with Crippen molar-refractivity contribution in [2.75, 3.05) is 18.0 Å². The third-order valence-electron chi connectivity index (χ3n) is 3.83. The molecule has 0 saturated carbocycles. The van der Waals surface area contributed by atoms with Crippen LogP contribution in [0.5, 0.6) is 0 Å². The second-order valence-electron chi connectivity index (χ2n) is 5.48. The molecule has 4 nitrogen and oxygen atoms in total. The number of nitrogens with one attached hydrogen (secondary N) is 1. The van der Waals surface area contributed by atoms with Crippen LogP contribution in [0.2, 0.25) is 5.15 Å². The van der Waals surface area contributed by atoms with E-state index in [0.717, 1.165) is 42.5 Å². The van der Waals surface area contributed by atoms with Crippen molar-refractivity contribution in [3.8, 4) is 0 Å². The third kappa shape index (κ3) is 3.10. The van der Waals surface area contributed by atoms with Gasteiger partial charge in [-0.15, -0.1) is 0 Å². The molecule has 1 atom stereocenters. The molecule has 1 aliphatic rings. The number of fused-ring (bicyclic) bond motifs is 1. The monoisotopic (exact) mass is 303 g/mol. The predicted molar refractivity (Wildman–Crippen MR) is 85.8 cm³/mol. The zero-order valence-electron chi connectivity index (χ0n) is 12.0. The quantitative estimate of drug-likeness (QED) is 0.868. The maximum absolute atomic E-state index is 11.2. The van der Waals surface area contributed by atoms with Gasteiger partial charge in [0.2, 0.25) is 5.91 Å². The fourth-order valence-corrected chi connectivity index (χ4v) is 3.15. The Morgan fingerprint density at radius 3 is 3.05 bits per heavy atom. The molecule has 2 heterocycles. The van der Waals surface area contributed by atoms with Crippen LogP contribution in [0.3, 0.4) is 0 Å². The second kappa shape index (κ2) is 5.90. The number of hydrogen-bond donors (Lipinski definition) is 1. The van der Waals surface area contributed by atoms with E-state index in [1.165, 1.54) is 0 Å². The summed E-state index contributed by atoms with van der Waals surface area (Å²) in [5.74, 6) is 0.903. The van der Waals surface area contributed by atoms with Crippen LogP contribution in [0.1, 0.15) is 19.8 Å². The highest BCUT2D eigenvalue weighted by Crippen LogP contribution is 2.27. The molecule has 1 N–H and O–H groups in total. The van der Waals surface area contributed by atoms with Gasteiger partial charge in [0.25, 0.3) is 0 Å². The van der Waals surface area contributed by atoms with Crippen LogP contribution < -0.4 is 10.2 Å². The fraction of sp³-hybridized carbons (Fsp3) is 0.375. The van der Waals surface area contributed by atoms with Gasteiger partial charge < -0.3 is 10.2 Å². The van der Waals surface area contributed by atoms with Crippen LogP contribution in [-0.2, 0) is 4.79 Å². The van der Waals surface area contributed by atoms with Gasteiger partial charge >= 0.3 is 0 Å². The number of rotatable bonds is 2. The lowest BCUT2D eigenvalue weighted by Crippen LogP contribution is -2.47. The smallest absolute Gasteiger partial charge is 0.217 e. The van der Waals surface area contributed by atoms with Crippen LogP contribution >= 0.6 is 11.6 Å².